The molecule has 6 amide bonds. The number of urea groups is 1. The second kappa shape index (κ2) is 42.0. The maximum absolute atomic E-state index is 13.8. The third kappa shape index (κ3) is 35.3. The lowest BCUT2D eigenvalue weighted by Gasteiger charge is -2.33. The van der Waals surface area contributed by atoms with Crippen molar-refractivity contribution < 1.29 is 103 Å². The van der Waals surface area contributed by atoms with Gasteiger partial charge in [-0.3, -0.25) is 62.8 Å². The summed E-state index contributed by atoms with van der Waals surface area (Å²) in [5, 5.41) is 78.3. The van der Waals surface area contributed by atoms with Crippen molar-refractivity contribution in [3.8, 4) is 0 Å². The van der Waals surface area contributed by atoms with E-state index in [1.807, 2.05) is 29.6 Å². The minimum absolute atomic E-state index is 0.0256. The Labute approximate surface area is 499 Å². The number of carbonyl (C=O) groups is 12. The number of aryl methyl sites for hydroxylation is 1. The van der Waals surface area contributed by atoms with Crippen LogP contribution in [0.25, 0.3) is 0 Å². The molecule has 1 aliphatic rings. The molecule has 1 fully saturated rings. The number of hydrogen-bond acceptors (Lipinski definition) is 18. The third-order valence-corrected chi connectivity index (χ3v) is 13.6. The van der Waals surface area contributed by atoms with Crippen molar-refractivity contribution in [2.75, 3.05) is 131 Å². The Hall–Kier alpha value is -6.85. The van der Waals surface area contributed by atoms with Crippen molar-refractivity contribution in [2.24, 2.45) is 0 Å². The van der Waals surface area contributed by atoms with Gasteiger partial charge in [0, 0.05) is 88.4 Å². The van der Waals surface area contributed by atoms with Gasteiger partial charge in [-0.25, -0.2) is 14.4 Å². The molecular weight excluding hydrogens is 1230 g/mol. The predicted molar refractivity (Wildman–Crippen MR) is 304 cm³/mol. The van der Waals surface area contributed by atoms with E-state index >= 15 is 0 Å². The molecular formula is C52H81IN10O21. The summed E-state index contributed by atoms with van der Waals surface area (Å²) in [7, 11) is 0. The molecule has 0 saturated carbocycles. The number of halogens is 1. The Kier molecular flexibility index (Phi) is 36.7. The lowest BCUT2D eigenvalue weighted by Crippen LogP contribution is -2.52. The molecule has 0 spiro atoms. The summed E-state index contributed by atoms with van der Waals surface area (Å²) in [6, 6.07) is 2.71. The molecule has 31 nitrogen and oxygen atoms in total. The first kappa shape index (κ1) is 73.3. The molecule has 1 saturated heterocycles. The van der Waals surface area contributed by atoms with Crippen LogP contribution in [-0.4, -0.2) is 281 Å². The van der Waals surface area contributed by atoms with Gasteiger partial charge in [0.15, 0.2) is 0 Å². The summed E-state index contributed by atoms with van der Waals surface area (Å²) >= 11 is 2.22. The van der Waals surface area contributed by atoms with Gasteiger partial charge in [0.05, 0.1) is 46.0 Å². The number of nitrogens with one attached hydrogen (secondary N) is 5. The molecule has 472 valence electrons. The van der Waals surface area contributed by atoms with E-state index in [2.05, 4.69) is 43.9 Å². The monoisotopic (exact) mass is 1310 g/mol. The SMILES string of the molecule is O=C(O)CC[C@H](NC(=O)N[C@@H](CCCCN(CC(=O)O)C(=O)COCCOCCNC(=O)[C@H](CCCCNC(=O)CCCc1ccc(I)cc1)NC(=O)CN1CCN(CC(=O)O)CCN(CC(=O)O)CCN(CC(=O)O)CC1)C(=O)O)C(=O)O. The lowest BCUT2D eigenvalue weighted by atomic mass is 10.1. The highest BCUT2D eigenvalue weighted by atomic mass is 127. The number of carboxylic acids is 7. The van der Waals surface area contributed by atoms with E-state index in [1.165, 1.54) is 0 Å². The highest BCUT2D eigenvalue weighted by Gasteiger charge is 2.27. The van der Waals surface area contributed by atoms with Crippen molar-refractivity contribution in [3.63, 3.8) is 0 Å². The molecule has 32 heteroatoms. The Morgan fingerprint density at radius 2 is 1.00 bits per heavy atom. The molecule has 1 heterocycles. The van der Waals surface area contributed by atoms with E-state index in [9.17, 15) is 88.2 Å². The smallest absolute Gasteiger partial charge is 0.326 e. The van der Waals surface area contributed by atoms with Crippen molar-refractivity contribution in [2.45, 2.75) is 88.8 Å². The van der Waals surface area contributed by atoms with E-state index in [1.54, 1.807) is 19.6 Å². The van der Waals surface area contributed by atoms with E-state index < -0.39 is 110 Å². The van der Waals surface area contributed by atoms with Crippen LogP contribution < -0.4 is 26.6 Å². The molecule has 0 bridgehead atoms. The highest BCUT2D eigenvalue weighted by molar-refractivity contribution is 14.1. The topological polar surface area (TPSA) is 441 Å². The standard InChI is InChI=1S/C52H81IN10O21/c53-37-12-10-36(11-13-37)6-5-9-41(64)54-16-3-1-7-38(56-42(65)30-59-19-21-60(31-45(69)70)23-25-62(33-47(73)74)26-24-61(22-20-59)32-46(71)72)49(77)55-17-27-83-28-29-84-35-43(66)63(34-48(75)76)18-4-2-8-39(50(78)79)57-52(82)58-40(51(80)81)14-15-44(67)68/h10-13,38-40H,1-9,14-35H2,(H,54,64)(H,55,77)(H,56,65)(H,67,68)(H,69,70)(H,71,72)(H,73,74)(H,75,76)(H,78,79)(H,80,81)(H2,57,58,82)/t38-,39-,40-/m0/s1. The van der Waals surface area contributed by atoms with Crippen molar-refractivity contribution >= 4 is 94.0 Å². The van der Waals surface area contributed by atoms with E-state index in [4.69, 9.17) is 14.6 Å². The first-order valence-electron chi connectivity index (χ1n) is 27.4. The van der Waals surface area contributed by atoms with Crippen LogP contribution in [0, 0.1) is 3.57 Å². The van der Waals surface area contributed by atoms with Crippen LogP contribution in [0.1, 0.15) is 69.8 Å². The van der Waals surface area contributed by atoms with Gasteiger partial charge >= 0.3 is 47.8 Å². The average molecular weight is 1310 g/mol. The van der Waals surface area contributed by atoms with E-state index in [0.717, 1.165) is 20.5 Å². The van der Waals surface area contributed by atoms with Gasteiger partial charge in [-0.15, -0.1) is 0 Å². The summed E-state index contributed by atoms with van der Waals surface area (Å²) in [6.07, 6.45) is 1.71. The summed E-state index contributed by atoms with van der Waals surface area (Å²) in [5.74, 6) is -10.9. The molecule has 0 aliphatic carbocycles. The van der Waals surface area contributed by atoms with Crippen LogP contribution in [0.15, 0.2) is 24.3 Å². The number of ether oxygens (including phenoxy) is 2. The summed E-state index contributed by atoms with van der Waals surface area (Å²) in [6.45, 7) is -1.24. The average Bonchev–Trinajstić information content (AvgIpc) is 3.45. The first-order valence-corrected chi connectivity index (χ1v) is 28.5. The summed E-state index contributed by atoms with van der Waals surface area (Å²) < 4.78 is 12.1. The predicted octanol–water partition coefficient (Wildman–Crippen LogP) is -1.84. The fourth-order valence-electron chi connectivity index (χ4n) is 8.48. The van der Waals surface area contributed by atoms with Gasteiger partial charge in [0.2, 0.25) is 23.6 Å². The van der Waals surface area contributed by atoms with Gasteiger partial charge in [-0.05, 0) is 98.1 Å². The lowest BCUT2D eigenvalue weighted by molar-refractivity contribution is -0.146. The summed E-state index contributed by atoms with van der Waals surface area (Å²) in [4.78, 5) is 153. The quantitative estimate of drug-likeness (QED) is 0.0253. The van der Waals surface area contributed by atoms with Crippen molar-refractivity contribution in [3.05, 3.63) is 33.4 Å². The maximum atomic E-state index is 13.8. The molecule has 1 aromatic carbocycles. The number of rotatable bonds is 41. The maximum Gasteiger partial charge on any atom is 0.326 e. The van der Waals surface area contributed by atoms with E-state index in [0.29, 0.717) is 32.2 Å². The number of amides is 6. The second-order valence-corrected chi connectivity index (χ2v) is 21.0. The number of benzene rings is 1. The zero-order valence-corrected chi connectivity index (χ0v) is 49.1. The Balaban J connectivity index is 1.99. The molecule has 12 N–H and O–H groups in total. The molecule has 0 aromatic heterocycles. The van der Waals surface area contributed by atoms with Gasteiger partial charge in [0.1, 0.15) is 31.3 Å². The molecule has 0 unspecified atom stereocenters. The van der Waals surface area contributed by atoms with Crippen molar-refractivity contribution in [1.29, 1.82) is 0 Å². The number of aliphatic carboxylic acids is 7. The first-order chi connectivity index (χ1) is 39.9. The Bertz CT molecular complexity index is 2270. The van der Waals surface area contributed by atoms with Crippen LogP contribution in [0.2, 0.25) is 0 Å². The second-order valence-electron chi connectivity index (χ2n) is 19.7. The Morgan fingerprint density at radius 3 is 1.51 bits per heavy atom. The number of carbonyl (C=O) groups excluding carboxylic acids is 5. The normalized spacial score (nSPS) is 14.9. The largest absolute Gasteiger partial charge is 0.481 e. The third-order valence-electron chi connectivity index (χ3n) is 12.9. The summed E-state index contributed by atoms with van der Waals surface area (Å²) in [5.41, 5.74) is 1.12. The molecule has 1 aromatic rings. The minimum Gasteiger partial charge on any atom is -0.481 e. The van der Waals surface area contributed by atoms with Gasteiger partial charge in [-0.2, -0.15) is 0 Å². The van der Waals surface area contributed by atoms with Gasteiger partial charge in [0.25, 0.3) is 0 Å². The van der Waals surface area contributed by atoms with Crippen LogP contribution in [0.4, 0.5) is 4.79 Å². The van der Waals surface area contributed by atoms with Gasteiger partial charge in [-0.1, -0.05) is 12.1 Å². The molecule has 1 aliphatic heterocycles. The highest BCUT2D eigenvalue weighted by Crippen LogP contribution is 2.11. The molecule has 3 atom stereocenters. The fraction of sp³-hybridized carbons (Fsp3) is 0.654. The van der Waals surface area contributed by atoms with Crippen LogP contribution >= 0.6 is 22.6 Å². The minimum atomic E-state index is -1.60. The van der Waals surface area contributed by atoms with Crippen LogP contribution in [0.5, 0.6) is 0 Å². The fourth-order valence-corrected chi connectivity index (χ4v) is 8.84. The number of hydrogen-bond donors (Lipinski definition) is 12. The van der Waals surface area contributed by atoms with Crippen molar-refractivity contribution in [1.82, 2.24) is 51.1 Å². The number of unbranched alkanes of at least 4 members (excludes halogenated alkanes) is 2. The zero-order valence-electron chi connectivity index (χ0n) is 46.9. The van der Waals surface area contributed by atoms with Crippen LogP contribution in [0.3, 0.4) is 0 Å². The zero-order chi connectivity index (χ0) is 62.4. The molecule has 2 rings (SSSR count). The van der Waals surface area contributed by atoms with Crippen LogP contribution in [-0.2, 0) is 68.6 Å². The van der Waals surface area contributed by atoms with E-state index in [-0.39, 0.29) is 143 Å². The molecule has 84 heavy (non-hydrogen) atoms. The Morgan fingerprint density at radius 1 is 0.500 bits per heavy atom. The molecule has 0 radical (unpaired) electrons. The van der Waals surface area contributed by atoms with Gasteiger partial charge < -0.3 is 76.7 Å². The number of carboxylic acid groups (broad SMARTS) is 7. The number of nitrogens with zero attached hydrogens (tertiary/aromatic N) is 5.